The molecule has 0 spiro atoms. The van der Waals surface area contributed by atoms with Crippen LogP contribution in [0.5, 0.6) is 0 Å². The van der Waals surface area contributed by atoms with Gasteiger partial charge in [-0.15, -0.1) is 0 Å². The normalized spacial score (nSPS) is 10.3. The maximum Gasteiger partial charge on any atom is 0.319 e. The molecule has 0 unspecified atom stereocenters. The lowest BCUT2D eigenvalue weighted by Gasteiger charge is -2.10. The van der Waals surface area contributed by atoms with Crippen LogP contribution in [-0.2, 0) is 9.47 Å². The second kappa shape index (κ2) is 14.0. The minimum Gasteiger partial charge on any atom is -0.377 e. The van der Waals surface area contributed by atoms with Crippen molar-refractivity contribution in [2.75, 3.05) is 50.2 Å². The summed E-state index contributed by atoms with van der Waals surface area (Å²) in [6.07, 6.45) is 0. The molecule has 2 aromatic rings. The summed E-state index contributed by atoms with van der Waals surface area (Å²) in [4.78, 5) is 23.6. The summed E-state index contributed by atoms with van der Waals surface area (Å²) in [5, 5.41) is 10.9. The number of carbonyl (C=O) groups is 2. The van der Waals surface area contributed by atoms with Crippen molar-refractivity contribution in [1.82, 2.24) is 10.6 Å². The number of benzene rings is 2. The molecule has 0 heterocycles. The molecule has 30 heavy (non-hydrogen) atoms. The van der Waals surface area contributed by atoms with Crippen molar-refractivity contribution in [2.45, 2.75) is 0 Å². The molecular formula is C20H24Br2N4O4. The van der Waals surface area contributed by atoms with E-state index in [0.717, 1.165) is 8.95 Å². The number of halogens is 2. The van der Waals surface area contributed by atoms with Gasteiger partial charge in [0, 0.05) is 22.0 Å². The quantitative estimate of drug-likeness (QED) is 0.319. The van der Waals surface area contributed by atoms with E-state index in [1.807, 2.05) is 36.4 Å². The van der Waals surface area contributed by atoms with Gasteiger partial charge in [-0.1, -0.05) is 24.3 Å². The Balaban J connectivity index is 1.42. The number of amides is 4. The lowest BCUT2D eigenvalue weighted by Crippen LogP contribution is -2.32. The molecule has 2 aromatic carbocycles. The fraction of sp³-hybridized carbons (Fsp3) is 0.300. The molecule has 4 amide bonds. The Bertz CT molecular complexity index is 755. The molecule has 2 rings (SSSR count). The van der Waals surface area contributed by atoms with Crippen LogP contribution in [0.25, 0.3) is 0 Å². The highest BCUT2D eigenvalue weighted by Gasteiger charge is 2.04. The molecule has 0 radical (unpaired) electrons. The summed E-state index contributed by atoms with van der Waals surface area (Å²) >= 11 is 6.74. The molecule has 4 N–H and O–H groups in total. The Morgan fingerprint density at radius 2 is 1.07 bits per heavy atom. The summed E-state index contributed by atoms with van der Waals surface area (Å²) in [6, 6.07) is 14.1. The molecule has 10 heteroatoms. The van der Waals surface area contributed by atoms with E-state index in [1.165, 1.54) is 0 Å². The van der Waals surface area contributed by atoms with E-state index >= 15 is 0 Å². The molecule has 0 aliphatic carbocycles. The van der Waals surface area contributed by atoms with E-state index in [2.05, 4.69) is 53.1 Å². The maximum absolute atomic E-state index is 11.8. The first-order valence-electron chi connectivity index (χ1n) is 9.30. The highest BCUT2D eigenvalue weighted by atomic mass is 79.9. The van der Waals surface area contributed by atoms with E-state index in [-0.39, 0.29) is 12.1 Å². The molecule has 8 nitrogen and oxygen atoms in total. The van der Waals surface area contributed by atoms with Gasteiger partial charge < -0.3 is 30.7 Å². The van der Waals surface area contributed by atoms with Crippen LogP contribution in [0.2, 0.25) is 0 Å². The third-order valence-corrected chi connectivity index (χ3v) is 5.06. The fourth-order valence-electron chi connectivity index (χ4n) is 2.25. The number of hydrogen-bond acceptors (Lipinski definition) is 4. The third-order valence-electron chi connectivity index (χ3n) is 3.68. The van der Waals surface area contributed by atoms with E-state index in [4.69, 9.17) is 9.47 Å². The number of urea groups is 2. The molecule has 0 fully saturated rings. The highest BCUT2D eigenvalue weighted by molar-refractivity contribution is 9.11. The monoisotopic (exact) mass is 542 g/mol. The molecule has 0 aromatic heterocycles. The van der Waals surface area contributed by atoms with Crippen molar-refractivity contribution < 1.29 is 19.1 Å². The van der Waals surface area contributed by atoms with Gasteiger partial charge in [-0.2, -0.15) is 0 Å². The van der Waals surface area contributed by atoms with E-state index in [0.29, 0.717) is 50.9 Å². The Hall–Kier alpha value is -2.14. The molecule has 0 atom stereocenters. The molecular weight excluding hydrogens is 520 g/mol. The van der Waals surface area contributed by atoms with Crippen LogP contribution in [-0.4, -0.2) is 51.6 Å². The average Bonchev–Trinajstić information content (AvgIpc) is 2.73. The predicted molar refractivity (Wildman–Crippen MR) is 124 cm³/mol. The molecule has 162 valence electrons. The number of rotatable bonds is 11. The van der Waals surface area contributed by atoms with Gasteiger partial charge in [-0.05, 0) is 56.1 Å². The van der Waals surface area contributed by atoms with Crippen LogP contribution in [0.1, 0.15) is 0 Å². The Morgan fingerprint density at radius 1 is 0.667 bits per heavy atom. The van der Waals surface area contributed by atoms with Gasteiger partial charge in [0.25, 0.3) is 0 Å². The number of nitrogens with one attached hydrogen (secondary N) is 4. The SMILES string of the molecule is O=C(NCCOCCOCCNC(=O)Nc1ccccc1Br)Nc1ccccc1Br. The van der Waals surface area contributed by atoms with Gasteiger partial charge in [0.05, 0.1) is 37.8 Å². The Morgan fingerprint density at radius 3 is 1.47 bits per heavy atom. The van der Waals surface area contributed by atoms with E-state index in [9.17, 15) is 9.59 Å². The van der Waals surface area contributed by atoms with Crippen LogP contribution in [0.4, 0.5) is 21.0 Å². The number of ether oxygens (including phenoxy) is 2. The first-order chi connectivity index (χ1) is 14.6. The van der Waals surface area contributed by atoms with Crippen molar-refractivity contribution in [3.05, 3.63) is 57.5 Å². The zero-order valence-electron chi connectivity index (χ0n) is 16.3. The number of carbonyl (C=O) groups excluding carboxylic acids is 2. The van der Waals surface area contributed by atoms with E-state index in [1.54, 1.807) is 12.1 Å². The zero-order valence-corrected chi connectivity index (χ0v) is 19.4. The van der Waals surface area contributed by atoms with E-state index < -0.39 is 0 Å². The zero-order chi connectivity index (χ0) is 21.6. The van der Waals surface area contributed by atoms with Crippen molar-refractivity contribution in [1.29, 1.82) is 0 Å². The Labute approximate surface area is 192 Å². The second-order valence-corrected chi connectivity index (χ2v) is 7.65. The van der Waals surface area contributed by atoms with Gasteiger partial charge >= 0.3 is 12.1 Å². The summed E-state index contributed by atoms with van der Waals surface area (Å²) in [5.41, 5.74) is 1.39. The lowest BCUT2D eigenvalue weighted by molar-refractivity contribution is 0.0512. The van der Waals surface area contributed by atoms with Crippen LogP contribution < -0.4 is 21.3 Å². The molecule has 0 aliphatic heterocycles. The smallest absolute Gasteiger partial charge is 0.319 e. The van der Waals surface area contributed by atoms with Crippen LogP contribution >= 0.6 is 31.9 Å². The van der Waals surface area contributed by atoms with Gasteiger partial charge in [0.2, 0.25) is 0 Å². The average molecular weight is 544 g/mol. The van der Waals surface area contributed by atoms with Crippen molar-refractivity contribution in [3.8, 4) is 0 Å². The van der Waals surface area contributed by atoms with Crippen LogP contribution in [0.3, 0.4) is 0 Å². The minimum atomic E-state index is -0.298. The van der Waals surface area contributed by atoms with Crippen molar-refractivity contribution in [2.24, 2.45) is 0 Å². The van der Waals surface area contributed by atoms with Crippen LogP contribution in [0.15, 0.2) is 57.5 Å². The molecule has 0 aliphatic rings. The van der Waals surface area contributed by atoms with Gasteiger partial charge in [-0.3, -0.25) is 0 Å². The molecule has 0 saturated carbocycles. The van der Waals surface area contributed by atoms with Crippen molar-refractivity contribution >= 4 is 55.3 Å². The minimum absolute atomic E-state index is 0.298. The predicted octanol–water partition coefficient (Wildman–Crippen LogP) is 4.19. The first kappa shape index (κ1) is 24.1. The third kappa shape index (κ3) is 9.57. The molecule has 0 bridgehead atoms. The summed E-state index contributed by atoms with van der Waals surface area (Å²) in [5.74, 6) is 0. The standard InChI is InChI=1S/C20H24Br2N4O4/c21-15-5-1-3-7-17(15)25-19(27)23-9-11-29-13-14-30-12-10-24-20(28)26-18-8-4-2-6-16(18)22/h1-8H,9-14H2,(H2,23,25,27)(H2,24,26,28). The largest absolute Gasteiger partial charge is 0.377 e. The lowest BCUT2D eigenvalue weighted by atomic mass is 10.3. The highest BCUT2D eigenvalue weighted by Crippen LogP contribution is 2.21. The first-order valence-corrected chi connectivity index (χ1v) is 10.9. The van der Waals surface area contributed by atoms with Gasteiger partial charge in [0.1, 0.15) is 0 Å². The topological polar surface area (TPSA) is 101 Å². The Kier molecular flexibility index (Phi) is 11.2. The summed E-state index contributed by atoms with van der Waals surface area (Å²) in [7, 11) is 0. The molecule has 0 saturated heterocycles. The maximum atomic E-state index is 11.8. The second-order valence-electron chi connectivity index (χ2n) is 5.95. The van der Waals surface area contributed by atoms with Crippen molar-refractivity contribution in [3.63, 3.8) is 0 Å². The number of para-hydroxylation sites is 2. The fourth-order valence-corrected chi connectivity index (χ4v) is 3.02. The van der Waals surface area contributed by atoms with Gasteiger partial charge in [-0.25, -0.2) is 9.59 Å². The van der Waals surface area contributed by atoms with Crippen LogP contribution in [0, 0.1) is 0 Å². The summed E-state index contributed by atoms with van der Waals surface area (Å²) < 4.78 is 12.4. The van der Waals surface area contributed by atoms with Gasteiger partial charge in [0.15, 0.2) is 0 Å². The summed E-state index contributed by atoms with van der Waals surface area (Å²) in [6.45, 7) is 2.31. The number of hydrogen-bond donors (Lipinski definition) is 4. The number of anilines is 2.